The molecule has 2 heteroatoms. The molecule has 0 radical (unpaired) electrons. The van der Waals surface area contributed by atoms with Gasteiger partial charge in [-0.15, -0.1) is 0 Å². The second-order valence-electron chi connectivity index (χ2n) is 6.35. The van der Waals surface area contributed by atoms with Gasteiger partial charge in [0.15, 0.2) is 0 Å². The molecule has 0 aromatic rings. The van der Waals surface area contributed by atoms with Crippen LogP contribution in [0.25, 0.3) is 0 Å². The molecule has 20 heavy (non-hydrogen) atoms. The molecule has 0 N–H and O–H groups in total. The molecule has 0 aliphatic carbocycles. The Morgan fingerprint density at radius 2 is 1.45 bits per heavy atom. The zero-order chi connectivity index (χ0) is 15.2. The van der Waals surface area contributed by atoms with Crippen molar-refractivity contribution in [2.45, 2.75) is 85.7 Å². The van der Waals surface area contributed by atoms with E-state index in [1.807, 2.05) is 0 Å². The van der Waals surface area contributed by atoms with Crippen molar-refractivity contribution in [2.75, 3.05) is 19.8 Å². The zero-order valence-electron chi connectivity index (χ0n) is 14.6. The van der Waals surface area contributed by atoms with Gasteiger partial charge in [-0.25, -0.2) is 0 Å². The third-order valence-electron chi connectivity index (χ3n) is 3.97. The maximum absolute atomic E-state index is 5.93. The van der Waals surface area contributed by atoms with Gasteiger partial charge in [-0.1, -0.05) is 59.8 Å². The van der Waals surface area contributed by atoms with Crippen LogP contribution in [-0.4, -0.2) is 25.9 Å². The highest BCUT2D eigenvalue weighted by Gasteiger charge is 2.10. The van der Waals surface area contributed by atoms with Crippen molar-refractivity contribution in [3.63, 3.8) is 0 Å². The second-order valence-corrected chi connectivity index (χ2v) is 6.35. The van der Waals surface area contributed by atoms with Crippen LogP contribution in [-0.2, 0) is 9.47 Å². The van der Waals surface area contributed by atoms with Gasteiger partial charge in [0.2, 0.25) is 0 Å². The first-order valence-electron chi connectivity index (χ1n) is 8.83. The standard InChI is InChI=1S/C18H38O2/c1-6-9-11-16(4)13-19-14-17(5)20-15-18(8-3)12-10-7-2/h16-18H,6-15H2,1-5H3. The van der Waals surface area contributed by atoms with Gasteiger partial charge >= 0.3 is 0 Å². The Morgan fingerprint density at radius 3 is 2.05 bits per heavy atom. The van der Waals surface area contributed by atoms with Crippen molar-refractivity contribution in [1.29, 1.82) is 0 Å². The van der Waals surface area contributed by atoms with Crippen molar-refractivity contribution in [1.82, 2.24) is 0 Å². The first kappa shape index (κ1) is 19.9. The van der Waals surface area contributed by atoms with E-state index < -0.39 is 0 Å². The van der Waals surface area contributed by atoms with Crippen molar-refractivity contribution in [3.05, 3.63) is 0 Å². The van der Waals surface area contributed by atoms with E-state index in [1.165, 1.54) is 44.9 Å². The molecule has 0 amide bonds. The quantitative estimate of drug-likeness (QED) is 0.422. The van der Waals surface area contributed by atoms with Gasteiger partial charge in [0.05, 0.1) is 12.7 Å². The molecule has 3 atom stereocenters. The highest BCUT2D eigenvalue weighted by Crippen LogP contribution is 2.14. The summed E-state index contributed by atoms with van der Waals surface area (Å²) in [6.07, 6.45) is 9.22. The molecule has 3 unspecified atom stereocenters. The summed E-state index contributed by atoms with van der Waals surface area (Å²) in [6, 6.07) is 0. The van der Waals surface area contributed by atoms with Gasteiger partial charge in [-0.3, -0.25) is 0 Å². The molecular formula is C18H38O2. The first-order chi connectivity index (χ1) is 9.63. The minimum absolute atomic E-state index is 0.226. The van der Waals surface area contributed by atoms with Crippen molar-refractivity contribution in [3.8, 4) is 0 Å². The van der Waals surface area contributed by atoms with E-state index in [-0.39, 0.29) is 6.10 Å². The molecule has 0 rings (SSSR count). The molecule has 0 heterocycles. The molecule has 122 valence electrons. The molecule has 0 aromatic carbocycles. The summed E-state index contributed by atoms with van der Waals surface area (Å²) in [7, 11) is 0. The van der Waals surface area contributed by atoms with Gasteiger partial charge in [0.1, 0.15) is 0 Å². The lowest BCUT2D eigenvalue weighted by Gasteiger charge is -2.20. The first-order valence-corrected chi connectivity index (χ1v) is 8.83. The maximum Gasteiger partial charge on any atom is 0.0780 e. The van der Waals surface area contributed by atoms with E-state index in [0.717, 1.165) is 25.7 Å². The normalized spacial score (nSPS) is 16.1. The fourth-order valence-electron chi connectivity index (χ4n) is 2.32. The summed E-state index contributed by atoms with van der Waals surface area (Å²) in [6.45, 7) is 13.7. The molecule has 0 aliphatic rings. The number of rotatable bonds is 14. The second kappa shape index (κ2) is 13.9. The molecule has 0 bridgehead atoms. The summed E-state index contributed by atoms with van der Waals surface area (Å²) < 4.78 is 11.7. The predicted molar refractivity (Wildman–Crippen MR) is 88.2 cm³/mol. The molecular weight excluding hydrogens is 248 g/mol. The van der Waals surface area contributed by atoms with Crippen molar-refractivity contribution >= 4 is 0 Å². The van der Waals surface area contributed by atoms with E-state index in [2.05, 4.69) is 34.6 Å². The number of unbranched alkanes of at least 4 members (excludes halogenated alkanes) is 2. The lowest BCUT2D eigenvalue weighted by molar-refractivity contribution is -0.0281. The van der Waals surface area contributed by atoms with Crippen LogP contribution in [0.15, 0.2) is 0 Å². The summed E-state index contributed by atoms with van der Waals surface area (Å²) in [5.41, 5.74) is 0. The van der Waals surface area contributed by atoms with Crippen LogP contribution < -0.4 is 0 Å². The lowest BCUT2D eigenvalue weighted by Crippen LogP contribution is -2.21. The summed E-state index contributed by atoms with van der Waals surface area (Å²) in [5.74, 6) is 1.40. The summed E-state index contributed by atoms with van der Waals surface area (Å²) in [4.78, 5) is 0. The van der Waals surface area contributed by atoms with Crippen LogP contribution in [0.3, 0.4) is 0 Å². The summed E-state index contributed by atoms with van der Waals surface area (Å²) in [5, 5.41) is 0. The Labute approximate surface area is 127 Å². The van der Waals surface area contributed by atoms with Gasteiger partial charge in [0.25, 0.3) is 0 Å². The smallest absolute Gasteiger partial charge is 0.0780 e. The Morgan fingerprint density at radius 1 is 0.800 bits per heavy atom. The average Bonchev–Trinajstić information content (AvgIpc) is 2.45. The van der Waals surface area contributed by atoms with Crippen molar-refractivity contribution in [2.24, 2.45) is 11.8 Å². The van der Waals surface area contributed by atoms with Crippen LogP contribution in [0.2, 0.25) is 0 Å². The van der Waals surface area contributed by atoms with E-state index in [1.54, 1.807) is 0 Å². The molecule has 0 aliphatic heterocycles. The molecule has 0 spiro atoms. The Bertz CT molecular complexity index is 194. The molecule has 0 aromatic heterocycles. The van der Waals surface area contributed by atoms with E-state index >= 15 is 0 Å². The molecule has 0 saturated heterocycles. The van der Waals surface area contributed by atoms with Crippen LogP contribution in [0.4, 0.5) is 0 Å². The zero-order valence-corrected chi connectivity index (χ0v) is 14.6. The fourth-order valence-corrected chi connectivity index (χ4v) is 2.32. The van der Waals surface area contributed by atoms with Gasteiger partial charge in [0, 0.05) is 13.2 Å². The van der Waals surface area contributed by atoms with Gasteiger partial charge in [-0.05, 0) is 31.6 Å². The number of hydrogen-bond acceptors (Lipinski definition) is 2. The molecule has 0 fully saturated rings. The largest absolute Gasteiger partial charge is 0.378 e. The van der Waals surface area contributed by atoms with Gasteiger partial charge < -0.3 is 9.47 Å². The van der Waals surface area contributed by atoms with Gasteiger partial charge in [-0.2, -0.15) is 0 Å². The average molecular weight is 286 g/mol. The van der Waals surface area contributed by atoms with E-state index in [9.17, 15) is 0 Å². The lowest BCUT2D eigenvalue weighted by atomic mass is 10.0. The van der Waals surface area contributed by atoms with E-state index in [0.29, 0.717) is 5.92 Å². The Hall–Kier alpha value is -0.0800. The summed E-state index contributed by atoms with van der Waals surface area (Å²) >= 11 is 0. The Balaban J connectivity index is 3.58. The third kappa shape index (κ3) is 11.7. The highest BCUT2D eigenvalue weighted by atomic mass is 16.5. The van der Waals surface area contributed by atoms with Crippen LogP contribution in [0.1, 0.15) is 79.6 Å². The number of ether oxygens (including phenoxy) is 2. The van der Waals surface area contributed by atoms with Crippen LogP contribution in [0.5, 0.6) is 0 Å². The monoisotopic (exact) mass is 286 g/mol. The minimum Gasteiger partial charge on any atom is -0.378 e. The highest BCUT2D eigenvalue weighted by molar-refractivity contribution is 4.58. The van der Waals surface area contributed by atoms with Crippen molar-refractivity contribution < 1.29 is 9.47 Å². The number of hydrogen-bond donors (Lipinski definition) is 0. The van der Waals surface area contributed by atoms with Crippen LogP contribution >= 0.6 is 0 Å². The predicted octanol–water partition coefficient (Wildman–Crippen LogP) is 5.45. The topological polar surface area (TPSA) is 18.5 Å². The molecule has 2 nitrogen and oxygen atoms in total. The maximum atomic E-state index is 5.93. The SMILES string of the molecule is CCCCC(C)COCC(C)OCC(CC)CCCC. The third-order valence-corrected chi connectivity index (χ3v) is 3.97. The molecule has 0 saturated carbocycles. The minimum atomic E-state index is 0.226. The van der Waals surface area contributed by atoms with Crippen LogP contribution in [0, 0.1) is 11.8 Å². The van der Waals surface area contributed by atoms with E-state index in [4.69, 9.17) is 9.47 Å². The fraction of sp³-hybridized carbons (Fsp3) is 1.00. The Kier molecular flexibility index (Phi) is 13.8.